The van der Waals surface area contributed by atoms with Crippen LogP contribution in [0.25, 0.3) is 21.3 Å². The zero-order valence-electron chi connectivity index (χ0n) is 16.3. The first-order valence-electron chi connectivity index (χ1n) is 9.93. The van der Waals surface area contributed by atoms with E-state index in [1.807, 2.05) is 31.2 Å². The quantitative estimate of drug-likeness (QED) is 0.636. The zero-order valence-corrected chi connectivity index (χ0v) is 17.1. The summed E-state index contributed by atoms with van der Waals surface area (Å²) in [5.41, 5.74) is 1.01. The number of anilines is 1. The van der Waals surface area contributed by atoms with Gasteiger partial charge in [0.1, 0.15) is 22.5 Å². The number of fused-ring (bicyclic) bond motifs is 1. The van der Waals surface area contributed by atoms with E-state index >= 15 is 0 Å². The largest absolute Gasteiger partial charge is 0.311 e. The van der Waals surface area contributed by atoms with Gasteiger partial charge in [-0.1, -0.05) is 23.5 Å². The summed E-state index contributed by atoms with van der Waals surface area (Å²) < 4.78 is 12.3. The van der Waals surface area contributed by atoms with Crippen LogP contribution in [-0.2, 0) is 4.79 Å². The number of hydrogen-bond donors (Lipinski definition) is 2. The van der Waals surface area contributed by atoms with Crippen molar-refractivity contribution in [2.24, 2.45) is 5.92 Å². The lowest BCUT2D eigenvalue weighted by Gasteiger charge is -2.28. The Labute approximate surface area is 173 Å². The smallest absolute Gasteiger partial charge is 0.228 e. The van der Waals surface area contributed by atoms with Crippen LogP contribution in [0.4, 0.5) is 10.2 Å². The fourth-order valence-electron chi connectivity index (χ4n) is 3.80. The van der Waals surface area contributed by atoms with Gasteiger partial charge in [0.15, 0.2) is 0 Å². The summed E-state index contributed by atoms with van der Waals surface area (Å²) in [6.07, 6.45) is 5.19. The predicted molar refractivity (Wildman–Crippen MR) is 114 cm³/mol. The number of halogens is 1. The summed E-state index contributed by atoms with van der Waals surface area (Å²) in [6.45, 7) is 1.97. The number of nitrogens with zero attached hydrogens (tertiary/aromatic N) is 3. The molecular formula is C21H24FN5OS. The monoisotopic (exact) mass is 413 g/mol. The van der Waals surface area contributed by atoms with Crippen molar-refractivity contribution >= 4 is 33.8 Å². The first-order chi connectivity index (χ1) is 14.1. The molecule has 2 heterocycles. The van der Waals surface area contributed by atoms with E-state index in [4.69, 9.17) is 0 Å². The third-order valence-electron chi connectivity index (χ3n) is 5.37. The second kappa shape index (κ2) is 8.92. The molecule has 0 spiro atoms. The summed E-state index contributed by atoms with van der Waals surface area (Å²) in [5.74, 6) is 0.550. The minimum absolute atomic E-state index is 0.0108. The van der Waals surface area contributed by atoms with Gasteiger partial charge in [0, 0.05) is 35.7 Å². The zero-order chi connectivity index (χ0) is 20.2. The van der Waals surface area contributed by atoms with E-state index in [-0.39, 0.29) is 18.5 Å². The van der Waals surface area contributed by atoms with Gasteiger partial charge in [0.2, 0.25) is 5.91 Å². The maximum atomic E-state index is 12.7. The van der Waals surface area contributed by atoms with E-state index in [2.05, 4.69) is 25.8 Å². The lowest BCUT2D eigenvalue weighted by Crippen LogP contribution is -2.37. The number of rotatable bonds is 6. The average molecular weight is 414 g/mol. The van der Waals surface area contributed by atoms with Gasteiger partial charge >= 0.3 is 0 Å². The third-order valence-corrected chi connectivity index (χ3v) is 6.26. The van der Waals surface area contributed by atoms with Gasteiger partial charge in [-0.15, -0.1) is 10.2 Å². The van der Waals surface area contributed by atoms with Crippen LogP contribution >= 0.6 is 11.3 Å². The molecule has 152 valence electrons. The number of aromatic nitrogens is 3. The molecule has 1 saturated carbocycles. The van der Waals surface area contributed by atoms with Crippen LogP contribution in [0, 0.1) is 12.8 Å². The van der Waals surface area contributed by atoms with Crippen molar-refractivity contribution < 1.29 is 9.18 Å². The lowest BCUT2D eigenvalue weighted by atomic mass is 9.85. The summed E-state index contributed by atoms with van der Waals surface area (Å²) in [5, 5.41) is 18.3. The minimum atomic E-state index is -0.353. The van der Waals surface area contributed by atoms with Gasteiger partial charge in [0.25, 0.3) is 0 Å². The van der Waals surface area contributed by atoms with Crippen molar-refractivity contribution in [3.63, 3.8) is 0 Å². The Morgan fingerprint density at radius 1 is 1.17 bits per heavy atom. The molecule has 2 aromatic heterocycles. The Bertz CT molecular complexity index is 1000. The Balaban J connectivity index is 1.43. The van der Waals surface area contributed by atoms with Crippen LogP contribution in [-0.4, -0.2) is 40.3 Å². The van der Waals surface area contributed by atoms with E-state index in [1.165, 1.54) is 0 Å². The fourth-order valence-corrected chi connectivity index (χ4v) is 4.49. The van der Waals surface area contributed by atoms with Crippen molar-refractivity contribution in [3.8, 4) is 10.6 Å². The third kappa shape index (κ3) is 4.76. The number of carbonyl (C=O) groups is 1. The number of hydrogen-bond acceptors (Lipinski definition) is 6. The van der Waals surface area contributed by atoms with Crippen LogP contribution in [0.3, 0.4) is 0 Å². The highest BCUT2D eigenvalue weighted by Crippen LogP contribution is 2.29. The fraction of sp³-hybridized carbons (Fsp3) is 0.429. The van der Waals surface area contributed by atoms with E-state index < -0.39 is 0 Å². The summed E-state index contributed by atoms with van der Waals surface area (Å²) in [7, 11) is 0. The van der Waals surface area contributed by atoms with E-state index in [0.717, 1.165) is 52.0 Å². The van der Waals surface area contributed by atoms with Gasteiger partial charge in [-0.3, -0.25) is 4.79 Å². The first kappa shape index (κ1) is 19.8. The molecule has 0 aliphatic heterocycles. The van der Waals surface area contributed by atoms with Crippen LogP contribution in [0.5, 0.6) is 0 Å². The SMILES string of the molecule is Cc1nnc(-c2ccc3cnc(NC(=O)[C@H]4CC[C@H](NCCF)CC4)cc3c2)s1. The van der Waals surface area contributed by atoms with Crippen LogP contribution in [0.1, 0.15) is 30.7 Å². The van der Waals surface area contributed by atoms with Crippen LogP contribution in [0.2, 0.25) is 0 Å². The van der Waals surface area contributed by atoms with Gasteiger partial charge in [-0.25, -0.2) is 9.37 Å². The molecule has 2 N–H and O–H groups in total. The number of carbonyl (C=O) groups excluding carboxylic acids is 1. The molecule has 0 radical (unpaired) electrons. The Morgan fingerprint density at radius 3 is 2.72 bits per heavy atom. The molecule has 6 nitrogen and oxygen atoms in total. The molecule has 4 rings (SSSR count). The number of aryl methyl sites for hydroxylation is 1. The molecule has 1 aliphatic carbocycles. The van der Waals surface area contributed by atoms with Crippen LogP contribution in [0.15, 0.2) is 30.5 Å². The number of amides is 1. The predicted octanol–water partition coefficient (Wildman–Crippen LogP) is 4.12. The minimum Gasteiger partial charge on any atom is -0.311 e. The highest BCUT2D eigenvalue weighted by molar-refractivity contribution is 7.14. The lowest BCUT2D eigenvalue weighted by molar-refractivity contribution is -0.120. The molecule has 8 heteroatoms. The molecule has 3 aromatic rings. The van der Waals surface area contributed by atoms with E-state index in [1.54, 1.807) is 17.5 Å². The molecule has 1 aliphatic rings. The topological polar surface area (TPSA) is 79.8 Å². The highest BCUT2D eigenvalue weighted by Gasteiger charge is 2.26. The van der Waals surface area contributed by atoms with Crippen molar-refractivity contribution in [3.05, 3.63) is 35.5 Å². The Hall–Kier alpha value is -2.45. The van der Waals surface area contributed by atoms with Crippen molar-refractivity contribution in [1.29, 1.82) is 0 Å². The van der Waals surface area contributed by atoms with Gasteiger partial charge < -0.3 is 10.6 Å². The van der Waals surface area contributed by atoms with Gasteiger partial charge in [-0.2, -0.15) is 0 Å². The van der Waals surface area contributed by atoms with Gasteiger partial charge in [-0.05, 0) is 50.1 Å². The first-order valence-corrected chi connectivity index (χ1v) is 10.7. The van der Waals surface area contributed by atoms with E-state index in [0.29, 0.717) is 18.4 Å². The standard InChI is InChI=1S/C21H24FN5OS/c1-13-26-27-21(29-13)15-2-3-16-12-24-19(11-17(16)10-15)25-20(28)14-4-6-18(7-5-14)23-9-8-22/h2-3,10-12,14,18,23H,4-9H2,1H3,(H,24,25,28)/t14-,18-. The Kier molecular flexibility index (Phi) is 6.10. The summed E-state index contributed by atoms with van der Waals surface area (Å²) in [4.78, 5) is 17.1. The molecular weight excluding hydrogens is 389 g/mol. The molecule has 0 bridgehead atoms. The van der Waals surface area contributed by atoms with Crippen LogP contribution < -0.4 is 10.6 Å². The average Bonchev–Trinajstić information content (AvgIpc) is 3.18. The van der Waals surface area contributed by atoms with E-state index in [9.17, 15) is 9.18 Å². The summed E-state index contributed by atoms with van der Waals surface area (Å²) in [6, 6.07) is 8.28. The van der Waals surface area contributed by atoms with Crippen molar-refractivity contribution in [2.75, 3.05) is 18.5 Å². The number of benzene rings is 1. The second-order valence-corrected chi connectivity index (χ2v) is 8.62. The number of alkyl halides is 1. The van der Waals surface area contributed by atoms with Crippen molar-refractivity contribution in [1.82, 2.24) is 20.5 Å². The molecule has 1 amide bonds. The molecule has 1 aromatic carbocycles. The van der Waals surface area contributed by atoms with Crippen molar-refractivity contribution in [2.45, 2.75) is 38.6 Å². The maximum Gasteiger partial charge on any atom is 0.228 e. The molecule has 29 heavy (non-hydrogen) atoms. The Morgan fingerprint density at radius 2 is 2.00 bits per heavy atom. The molecule has 1 fully saturated rings. The maximum absolute atomic E-state index is 12.7. The normalized spacial score (nSPS) is 19.4. The van der Waals surface area contributed by atoms with Gasteiger partial charge in [0.05, 0.1) is 0 Å². The number of pyridine rings is 1. The molecule has 0 atom stereocenters. The second-order valence-electron chi connectivity index (χ2n) is 7.44. The summed E-state index contributed by atoms with van der Waals surface area (Å²) >= 11 is 1.55. The number of nitrogens with one attached hydrogen (secondary N) is 2. The highest BCUT2D eigenvalue weighted by atomic mass is 32.1. The molecule has 0 unspecified atom stereocenters. The molecule has 0 saturated heterocycles.